The quantitative estimate of drug-likeness (QED) is 0.357. The largest absolute Gasteiger partial charge is 0.326 e. The molecule has 0 aliphatic carbocycles. The van der Waals surface area contributed by atoms with E-state index in [4.69, 9.17) is 0 Å². The zero-order valence-corrected chi connectivity index (χ0v) is 17.9. The number of aromatic amines is 1. The van der Waals surface area contributed by atoms with Crippen LogP contribution in [0, 0.1) is 0 Å². The van der Waals surface area contributed by atoms with Crippen molar-refractivity contribution in [3.63, 3.8) is 0 Å². The standard InChI is InChI=1S/C24H19N9O/c34-24(31-23-27-14-9-20(29-23)17-5-10-25-11-6-17)28-19-3-1-16(2-4-19)15-21-30-22(33-32-21)18-7-12-26-13-8-18/h1-14H,15H2,(H,30,32,33)(H2,27,28,29,31,34). The lowest BCUT2D eigenvalue weighted by molar-refractivity contribution is 0.262. The van der Waals surface area contributed by atoms with Gasteiger partial charge in [0.15, 0.2) is 5.82 Å². The van der Waals surface area contributed by atoms with Crippen LogP contribution in [0.4, 0.5) is 16.4 Å². The third kappa shape index (κ3) is 5.07. The Labute approximate surface area is 194 Å². The maximum atomic E-state index is 12.4. The van der Waals surface area contributed by atoms with E-state index in [9.17, 15) is 4.79 Å². The van der Waals surface area contributed by atoms with Crippen molar-refractivity contribution in [1.82, 2.24) is 35.1 Å². The normalized spacial score (nSPS) is 10.6. The van der Waals surface area contributed by atoms with E-state index in [2.05, 4.69) is 45.8 Å². The van der Waals surface area contributed by atoms with Crippen LogP contribution < -0.4 is 10.6 Å². The van der Waals surface area contributed by atoms with Crippen LogP contribution in [-0.2, 0) is 6.42 Å². The third-order valence-electron chi connectivity index (χ3n) is 4.91. The van der Waals surface area contributed by atoms with Gasteiger partial charge in [0, 0.05) is 54.2 Å². The molecule has 10 heteroatoms. The fourth-order valence-corrected chi connectivity index (χ4v) is 3.27. The summed E-state index contributed by atoms with van der Waals surface area (Å²) < 4.78 is 0. The number of amides is 2. The summed E-state index contributed by atoms with van der Waals surface area (Å²) in [7, 11) is 0. The Bertz CT molecular complexity index is 1390. The van der Waals surface area contributed by atoms with Gasteiger partial charge in [-0.1, -0.05) is 12.1 Å². The summed E-state index contributed by atoms with van der Waals surface area (Å²) in [6, 6.07) is 16.2. The van der Waals surface area contributed by atoms with E-state index in [1.807, 2.05) is 48.5 Å². The van der Waals surface area contributed by atoms with Crippen molar-refractivity contribution in [3.05, 3.63) is 97.0 Å². The Morgan fingerprint density at radius 3 is 2.21 bits per heavy atom. The van der Waals surface area contributed by atoms with Gasteiger partial charge in [-0.05, 0) is 48.0 Å². The Balaban J connectivity index is 1.19. The minimum Gasteiger partial charge on any atom is -0.308 e. The monoisotopic (exact) mass is 449 g/mol. The van der Waals surface area contributed by atoms with E-state index in [0.717, 1.165) is 22.5 Å². The summed E-state index contributed by atoms with van der Waals surface area (Å²) in [6.45, 7) is 0. The minimum atomic E-state index is -0.433. The van der Waals surface area contributed by atoms with Crippen molar-refractivity contribution < 1.29 is 4.79 Å². The molecule has 0 fully saturated rings. The minimum absolute atomic E-state index is 0.207. The van der Waals surface area contributed by atoms with E-state index in [1.54, 1.807) is 37.1 Å². The first kappa shape index (κ1) is 20.9. The molecule has 4 heterocycles. The summed E-state index contributed by atoms with van der Waals surface area (Å²) in [4.78, 5) is 33.4. The van der Waals surface area contributed by atoms with E-state index >= 15 is 0 Å². The predicted octanol–water partition coefficient (Wildman–Crippen LogP) is 3.95. The molecule has 0 radical (unpaired) electrons. The number of carbonyl (C=O) groups excluding carboxylic acids is 1. The van der Waals surface area contributed by atoms with Gasteiger partial charge in [-0.25, -0.2) is 19.7 Å². The number of benzene rings is 1. The van der Waals surface area contributed by atoms with Gasteiger partial charge in [0.25, 0.3) is 0 Å². The fraction of sp³-hybridized carbons (Fsp3) is 0.0417. The Morgan fingerprint density at radius 2 is 1.47 bits per heavy atom. The Kier molecular flexibility index (Phi) is 5.93. The summed E-state index contributed by atoms with van der Waals surface area (Å²) >= 11 is 0. The predicted molar refractivity (Wildman–Crippen MR) is 127 cm³/mol. The number of aromatic nitrogens is 7. The molecule has 34 heavy (non-hydrogen) atoms. The zero-order chi connectivity index (χ0) is 23.2. The average molecular weight is 449 g/mol. The first-order valence-corrected chi connectivity index (χ1v) is 10.4. The van der Waals surface area contributed by atoms with Crippen molar-refractivity contribution >= 4 is 17.7 Å². The number of hydrogen-bond acceptors (Lipinski definition) is 7. The fourth-order valence-electron chi connectivity index (χ4n) is 3.27. The average Bonchev–Trinajstić information content (AvgIpc) is 3.35. The van der Waals surface area contributed by atoms with Crippen LogP contribution in [-0.4, -0.2) is 41.1 Å². The third-order valence-corrected chi connectivity index (χ3v) is 4.91. The molecule has 1 aromatic carbocycles. The lowest BCUT2D eigenvalue weighted by Gasteiger charge is -2.08. The summed E-state index contributed by atoms with van der Waals surface area (Å²) in [5.74, 6) is 1.58. The van der Waals surface area contributed by atoms with Gasteiger partial charge in [0.05, 0.1) is 5.69 Å². The SMILES string of the molecule is O=C(Nc1ccc(Cc2nc(-c3ccncc3)n[nH]2)cc1)Nc1nccc(-c2ccncc2)n1. The van der Waals surface area contributed by atoms with Crippen molar-refractivity contribution in [2.75, 3.05) is 10.6 Å². The van der Waals surface area contributed by atoms with Crippen LogP contribution in [0.1, 0.15) is 11.4 Å². The highest BCUT2D eigenvalue weighted by atomic mass is 16.2. The molecule has 3 N–H and O–H groups in total. The number of hydrogen-bond donors (Lipinski definition) is 3. The molecule has 4 aromatic heterocycles. The van der Waals surface area contributed by atoms with E-state index in [-0.39, 0.29) is 5.95 Å². The first-order chi connectivity index (χ1) is 16.7. The van der Waals surface area contributed by atoms with E-state index in [1.165, 1.54) is 0 Å². The molecular formula is C24H19N9O. The van der Waals surface area contributed by atoms with Crippen molar-refractivity contribution in [2.45, 2.75) is 6.42 Å². The molecule has 0 unspecified atom stereocenters. The van der Waals surface area contributed by atoms with Crippen LogP contribution in [0.25, 0.3) is 22.6 Å². The molecule has 166 valence electrons. The van der Waals surface area contributed by atoms with Gasteiger partial charge in [0.2, 0.25) is 5.95 Å². The zero-order valence-electron chi connectivity index (χ0n) is 17.9. The molecule has 5 rings (SSSR count). The van der Waals surface area contributed by atoms with Gasteiger partial charge in [-0.3, -0.25) is 20.4 Å². The van der Waals surface area contributed by atoms with Crippen LogP contribution in [0.5, 0.6) is 0 Å². The summed E-state index contributed by atoms with van der Waals surface area (Å²) in [5, 5.41) is 12.7. The molecule has 2 amide bonds. The number of anilines is 2. The maximum Gasteiger partial charge on any atom is 0.326 e. The molecule has 0 saturated carbocycles. The highest BCUT2D eigenvalue weighted by Crippen LogP contribution is 2.18. The molecular weight excluding hydrogens is 430 g/mol. The number of carbonyl (C=O) groups is 1. The summed E-state index contributed by atoms with van der Waals surface area (Å²) in [6.07, 6.45) is 8.96. The van der Waals surface area contributed by atoms with Crippen LogP contribution in [0.2, 0.25) is 0 Å². The highest BCUT2D eigenvalue weighted by Gasteiger charge is 2.09. The molecule has 0 spiro atoms. The van der Waals surface area contributed by atoms with Gasteiger partial charge in [-0.2, -0.15) is 5.10 Å². The van der Waals surface area contributed by atoms with Gasteiger partial charge >= 0.3 is 6.03 Å². The molecule has 5 aromatic rings. The van der Waals surface area contributed by atoms with Crippen molar-refractivity contribution in [2.24, 2.45) is 0 Å². The Hall–Kier alpha value is -4.99. The molecule has 0 saturated heterocycles. The van der Waals surface area contributed by atoms with E-state index in [0.29, 0.717) is 23.6 Å². The second kappa shape index (κ2) is 9.65. The van der Waals surface area contributed by atoms with Crippen LogP contribution in [0.3, 0.4) is 0 Å². The van der Waals surface area contributed by atoms with Gasteiger partial charge in [-0.15, -0.1) is 0 Å². The molecule has 0 aliphatic heterocycles. The van der Waals surface area contributed by atoms with Crippen LogP contribution >= 0.6 is 0 Å². The summed E-state index contributed by atoms with van der Waals surface area (Å²) in [5.41, 5.74) is 4.14. The van der Waals surface area contributed by atoms with Gasteiger partial charge in [0.1, 0.15) is 5.82 Å². The lowest BCUT2D eigenvalue weighted by atomic mass is 10.1. The highest BCUT2D eigenvalue weighted by molar-refractivity contribution is 5.98. The number of pyridine rings is 2. The van der Waals surface area contributed by atoms with Gasteiger partial charge < -0.3 is 5.32 Å². The lowest BCUT2D eigenvalue weighted by Crippen LogP contribution is -2.20. The molecule has 10 nitrogen and oxygen atoms in total. The van der Waals surface area contributed by atoms with E-state index < -0.39 is 6.03 Å². The number of urea groups is 1. The number of rotatable bonds is 6. The van der Waals surface area contributed by atoms with Crippen molar-refractivity contribution in [3.8, 4) is 22.6 Å². The molecule has 0 atom stereocenters. The first-order valence-electron chi connectivity index (χ1n) is 10.4. The topological polar surface area (TPSA) is 134 Å². The molecule has 0 aliphatic rings. The second-order valence-corrected chi connectivity index (χ2v) is 7.30. The van der Waals surface area contributed by atoms with Crippen LogP contribution in [0.15, 0.2) is 85.6 Å². The van der Waals surface area contributed by atoms with Crippen molar-refractivity contribution in [1.29, 1.82) is 0 Å². The second-order valence-electron chi connectivity index (χ2n) is 7.30. The smallest absolute Gasteiger partial charge is 0.308 e. The number of H-pyrrole nitrogens is 1. The maximum absolute atomic E-state index is 12.4. The number of nitrogens with zero attached hydrogens (tertiary/aromatic N) is 6. The Morgan fingerprint density at radius 1 is 0.765 bits per heavy atom. The molecule has 0 bridgehead atoms. The number of nitrogens with one attached hydrogen (secondary N) is 3.